The molecule has 2 aliphatic rings. The van der Waals surface area contributed by atoms with Gasteiger partial charge in [0.1, 0.15) is 6.61 Å². The van der Waals surface area contributed by atoms with Gasteiger partial charge in [0, 0.05) is 18.5 Å². The molecule has 2 fully saturated rings. The van der Waals surface area contributed by atoms with Crippen molar-refractivity contribution in [2.75, 3.05) is 19.8 Å². The minimum Gasteiger partial charge on any atom is -0.393 e. The Kier molecular flexibility index (Phi) is 5.72. The molecule has 0 aromatic rings. The van der Waals surface area contributed by atoms with Crippen LogP contribution in [0.3, 0.4) is 0 Å². The van der Waals surface area contributed by atoms with E-state index in [1.165, 1.54) is 0 Å². The van der Waals surface area contributed by atoms with Crippen LogP contribution in [0.2, 0.25) is 0 Å². The highest BCUT2D eigenvalue weighted by atomic mass is 19.3. The molecule has 6 heteroatoms. The van der Waals surface area contributed by atoms with Crippen molar-refractivity contribution in [1.29, 1.82) is 0 Å². The van der Waals surface area contributed by atoms with E-state index < -0.39 is 13.0 Å². The van der Waals surface area contributed by atoms with E-state index in [2.05, 4.69) is 0 Å². The molecule has 3 atom stereocenters. The third-order valence-electron chi connectivity index (χ3n) is 4.35. The minimum atomic E-state index is -2.49. The van der Waals surface area contributed by atoms with E-state index in [-0.39, 0.29) is 37.0 Å². The Labute approximate surface area is 118 Å². The average molecular weight is 291 g/mol. The Morgan fingerprint density at radius 3 is 2.75 bits per heavy atom. The van der Waals surface area contributed by atoms with Crippen LogP contribution in [-0.2, 0) is 9.53 Å². The van der Waals surface area contributed by atoms with Gasteiger partial charge < -0.3 is 14.7 Å². The number of hydrogen-bond donors (Lipinski definition) is 1. The Morgan fingerprint density at radius 2 is 2.10 bits per heavy atom. The molecule has 3 unspecified atom stereocenters. The van der Waals surface area contributed by atoms with Crippen molar-refractivity contribution >= 4 is 5.91 Å². The molecule has 1 heterocycles. The van der Waals surface area contributed by atoms with E-state index in [1.54, 1.807) is 0 Å². The maximum Gasteiger partial charge on any atom is 0.261 e. The highest BCUT2D eigenvalue weighted by Crippen LogP contribution is 2.35. The topological polar surface area (TPSA) is 49.8 Å². The number of nitrogens with zero attached hydrogens (tertiary/aromatic N) is 1. The summed E-state index contributed by atoms with van der Waals surface area (Å²) in [6.07, 6.45) is 2.05. The average Bonchev–Trinajstić information content (AvgIpc) is 3.02. The van der Waals surface area contributed by atoms with Crippen LogP contribution in [0.25, 0.3) is 0 Å². The lowest BCUT2D eigenvalue weighted by Gasteiger charge is -2.31. The van der Waals surface area contributed by atoms with Gasteiger partial charge in [0.15, 0.2) is 0 Å². The molecule has 0 spiro atoms. The normalized spacial score (nSPS) is 30.4. The van der Waals surface area contributed by atoms with Gasteiger partial charge >= 0.3 is 0 Å². The van der Waals surface area contributed by atoms with Crippen molar-refractivity contribution in [3.05, 3.63) is 0 Å². The van der Waals surface area contributed by atoms with Crippen LogP contribution in [-0.4, -0.2) is 54.2 Å². The van der Waals surface area contributed by atoms with Crippen LogP contribution in [0.15, 0.2) is 0 Å². The first-order chi connectivity index (χ1) is 9.59. The summed E-state index contributed by atoms with van der Waals surface area (Å²) in [6, 6.07) is 0.120. The molecule has 20 heavy (non-hydrogen) atoms. The summed E-state index contributed by atoms with van der Waals surface area (Å²) in [6.45, 7) is 0.138. The van der Waals surface area contributed by atoms with Crippen LogP contribution in [0.4, 0.5) is 8.78 Å². The zero-order valence-corrected chi connectivity index (χ0v) is 11.6. The summed E-state index contributed by atoms with van der Waals surface area (Å²) in [4.78, 5) is 14.0. The first kappa shape index (κ1) is 15.6. The number of ether oxygens (including phenoxy) is 1. The summed E-state index contributed by atoms with van der Waals surface area (Å²) < 4.78 is 28.6. The fraction of sp³-hybridized carbons (Fsp3) is 0.929. The lowest BCUT2D eigenvalue weighted by Crippen LogP contribution is -2.42. The number of aliphatic hydroxyl groups excluding tert-OH is 1. The van der Waals surface area contributed by atoms with Crippen molar-refractivity contribution < 1.29 is 23.4 Å². The molecule has 1 aliphatic heterocycles. The summed E-state index contributed by atoms with van der Waals surface area (Å²) in [5.74, 6) is 0.143. The van der Waals surface area contributed by atoms with Crippen molar-refractivity contribution in [3.63, 3.8) is 0 Å². The van der Waals surface area contributed by atoms with E-state index in [4.69, 9.17) is 4.74 Å². The molecule has 0 bridgehead atoms. The molecule has 4 nitrogen and oxygen atoms in total. The molecule has 1 amide bonds. The Hall–Kier alpha value is -0.750. The third kappa shape index (κ3) is 3.88. The number of rotatable bonds is 6. The summed E-state index contributed by atoms with van der Waals surface area (Å²) >= 11 is 0. The number of carbonyl (C=O) groups excluding carboxylic acids is 1. The van der Waals surface area contributed by atoms with Crippen molar-refractivity contribution in [2.45, 2.75) is 57.1 Å². The van der Waals surface area contributed by atoms with Crippen LogP contribution in [0, 0.1) is 5.92 Å². The fourth-order valence-electron chi connectivity index (χ4n) is 3.44. The maximum absolute atomic E-state index is 12.1. The van der Waals surface area contributed by atoms with Crippen LogP contribution in [0.1, 0.15) is 38.5 Å². The molecule has 0 aromatic carbocycles. The monoisotopic (exact) mass is 291 g/mol. The Balaban J connectivity index is 1.79. The standard InChI is InChI=1S/C14H23F2NO3/c15-13(16)9-20-8-6-14(19)17-7-2-4-11(17)10-3-1-5-12(10)18/h10-13,18H,1-9H2. The minimum absolute atomic E-state index is 0.0409. The van der Waals surface area contributed by atoms with Gasteiger partial charge in [0.05, 0.1) is 19.1 Å². The Bertz CT molecular complexity index is 328. The van der Waals surface area contributed by atoms with Gasteiger partial charge in [0.2, 0.25) is 5.91 Å². The maximum atomic E-state index is 12.1. The van der Waals surface area contributed by atoms with Gasteiger partial charge in [-0.25, -0.2) is 8.78 Å². The van der Waals surface area contributed by atoms with Gasteiger partial charge in [-0.3, -0.25) is 4.79 Å². The number of likely N-dealkylation sites (tertiary alicyclic amines) is 1. The van der Waals surface area contributed by atoms with Crippen LogP contribution < -0.4 is 0 Å². The molecular formula is C14H23F2NO3. The third-order valence-corrected chi connectivity index (χ3v) is 4.35. The number of alkyl halides is 2. The molecule has 1 aliphatic carbocycles. The van der Waals surface area contributed by atoms with Gasteiger partial charge in [-0.15, -0.1) is 0 Å². The second kappa shape index (κ2) is 7.31. The van der Waals surface area contributed by atoms with E-state index in [0.29, 0.717) is 6.54 Å². The number of carbonyl (C=O) groups is 1. The molecule has 116 valence electrons. The van der Waals surface area contributed by atoms with E-state index in [9.17, 15) is 18.7 Å². The lowest BCUT2D eigenvalue weighted by atomic mass is 9.94. The summed E-state index contributed by atoms with van der Waals surface area (Å²) in [5.41, 5.74) is 0. The van der Waals surface area contributed by atoms with E-state index in [0.717, 1.165) is 32.1 Å². The molecule has 0 aromatic heterocycles. The van der Waals surface area contributed by atoms with Gasteiger partial charge in [-0.1, -0.05) is 6.42 Å². The SMILES string of the molecule is O=C(CCOCC(F)F)N1CCCC1C1CCCC1O. The summed E-state index contributed by atoms with van der Waals surface area (Å²) in [7, 11) is 0. The lowest BCUT2D eigenvalue weighted by molar-refractivity contribution is -0.135. The number of hydrogen-bond acceptors (Lipinski definition) is 3. The molecular weight excluding hydrogens is 268 g/mol. The molecule has 1 saturated heterocycles. The van der Waals surface area contributed by atoms with Crippen molar-refractivity contribution in [2.24, 2.45) is 5.92 Å². The number of aliphatic hydroxyl groups is 1. The largest absolute Gasteiger partial charge is 0.393 e. The number of halogens is 2. The van der Waals surface area contributed by atoms with Gasteiger partial charge in [-0.05, 0) is 25.7 Å². The second-order valence-corrected chi connectivity index (χ2v) is 5.67. The molecule has 1 saturated carbocycles. The van der Waals surface area contributed by atoms with Crippen molar-refractivity contribution in [3.8, 4) is 0 Å². The Morgan fingerprint density at radius 1 is 1.30 bits per heavy atom. The molecule has 2 rings (SSSR count). The van der Waals surface area contributed by atoms with E-state index in [1.807, 2.05) is 4.90 Å². The molecule has 0 radical (unpaired) electrons. The second-order valence-electron chi connectivity index (χ2n) is 5.67. The zero-order valence-electron chi connectivity index (χ0n) is 11.6. The van der Waals surface area contributed by atoms with Gasteiger partial charge in [-0.2, -0.15) is 0 Å². The smallest absolute Gasteiger partial charge is 0.261 e. The first-order valence-corrected chi connectivity index (χ1v) is 7.43. The predicted octanol–water partition coefficient (Wildman–Crippen LogP) is 1.81. The highest BCUT2D eigenvalue weighted by Gasteiger charge is 2.39. The van der Waals surface area contributed by atoms with Crippen LogP contribution in [0.5, 0.6) is 0 Å². The van der Waals surface area contributed by atoms with E-state index >= 15 is 0 Å². The molecule has 1 N–H and O–H groups in total. The van der Waals surface area contributed by atoms with Gasteiger partial charge in [0.25, 0.3) is 6.43 Å². The summed E-state index contributed by atoms with van der Waals surface area (Å²) in [5, 5.41) is 9.98. The highest BCUT2D eigenvalue weighted by molar-refractivity contribution is 5.77. The first-order valence-electron chi connectivity index (χ1n) is 7.43. The van der Waals surface area contributed by atoms with Crippen LogP contribution >= 0.6 is 0 Å². The predicted molar refractivity (Wildman–Crippen MR) is 69.5 cm³/mol. The zero-order chi connectivity index (χ0) is 14.5. The quantitative estimate of drug-likeness (QED) is 0.759. The van der Waals surface area contributed by atoms with Crippen molar-refractivity contribution in [1.82, 2.24) is 4.90 Å². The number of amides is 1. The fourth-order valence-corrected chi connectivity index (χ4v) is 3.44.